The monoisotopic (exact) mass is 981 g/mol. The molecule has 3 unspecified atom stereocenters. The van der Waals surface area contributed by atoms with E-state index in [1.54, 1.807) is 6.08 Å². The number of carbonyl (C=O) groups excluding carboxylic acids is 2. The van der Waals surface area contributed by atoms with Gasteiger partial charge in [-0.2, -0.15) is 0 Å². The standard InChI is InChI=1S/C59H101N2O7P/c1-7-10-13-16-19-22-25-27-28-29-30-31-32-34-36-39-42-45-48-51-58(62)60-56(55-67-69(64,65)66-54-53-61(4,5)6)57(50-47-44-41-38-35-24-21-18-15-12-9-3)68-59(63)52-49-46-43-40-37-33-26-23-20-17-14-11-8-2/h10-11,13-14,17,19-20,22-23,26-28,30-31,34,36,47,50,56-57H,7-9,12,15-16,18,21,24-25,29,32-33,35,37-46,48-49,51-55H2,1-6H3,(H-,60,62,64,65)/b13-10-,14-11+,20-17+,22-19-,26-23-,28-27-,31-30-,36-34-,50-47-. The number of ether oxygens (including phenoxy) is 1. The van der Waals surface area contributed by atoms with Crippen LogP contribution in [0, 0.1) is 0 Å². The zero-order valence-corrected chi connectivity index (χ0v) is 45.6. The predicted molar refractivity (Wildman–Crippen MR) is 293 cm³/mol. The van der Waals surface area contributed by atoms with Crippen LogP contribution in [0.25, 0.3) is 0 Å². The van der Waals surface area contributed by atoms with Gasteiger partial charge >= 0.3 is 5.97 Å². The molecule has 0 aromatic heterocycles. The number of phosphoric ester groups is 1. The fourth-order valence-corrected chi connectivity index (χ4v) is 7.80. The van der Waals surface area contributed by atoms with Crippen molar-refractivity contribution in [2.24, 2.45) is 0 Å². The first-order valence-corrected chi connectivity index (χ1v) is 28.7. The molecule has 0 radical (unpaired) electrons. The van der Waals surface area contributed by atoms with Gasteiger partial charge in [-0.25, -0.2) is 0 Å². The minimum absolute atomic E-state index is 0.0387. The summed E-state index contributed by atoms with van der Waals surface area (Å²) >= 11 is 0. The highest BCUT2D eigenvalue weighted by Gasteiger charge is 2.27. The number of allylic oxidation sites excluding steroid dienone is 17. The highest BCUT2D eigenvalue weighted by atomic mass is 31.2. The molecule has 3 atom stereocenters. The van der Waals surface area contributed by atoms with E-state index in [9.17, 15) is 19.0 Å². The van der Waals surface area contributed by atoms with Crippen LogP contribution in [0.4, 0.5) is 0 Å². The SMILES string of the molecule is CC/C=C\C/C=C\C/C=C\C/C=C\C/C=C\CCCCCC(=O)NC(COP(=O)([O-])OCC[N+](C)(C)C)C(/C=C\CCCCCCCCCCC)OC(=O)CCCCCCC\C=C/C=C/C=C/CC. The molecule has 0 saturated heterocycles. The van der Waals surface area contributed by atoms with Crippen LogP contribution in [0.5, 0.6) is 0 Å². The number of likely N-dealkylation sites (N-methyl/N-ethyl adjacent to an activating group) is 1. The quantitative estimate of drug-likeness (QED) is 0.0161. The average molecular weight is 981 g/mol. The Morgan fingerprint density at radius 2 is 1.00 bits per heavy atom. The van der Waals surface area contributed by atoms with Crippen LogP contribution in [0.2, 0.25) is 0 Å². The van der Waals surface area contributed by atoms with Gasteiger partial charge in [0, 0.05) is 12.8 Å². The first-order chi connectivity index (χ1) is 33.4. The average Bonchev–Trinajstić information content (AvgIpc) is 3.31. The smallest absolute Gasteiger partial charge is 0.306 e. The van der Waals surface area contributed by atoms with Crippen molar-refractivity contribution in [3.8, 4) is 0 Å². The Morgan fingerprint density at radius 3 is 1.57 bits per heavy atom. The molecule has 0 aliphatic rings. The molecule has 0 aliphatic heterocycles. The molecule has 0 fully saturated rings. The number of unbranched alkanes of at least 4 members (excludes halogenated alkanes) is 17. The Morgan fingerprint density at radius 1 is 0.536 bits per heavy atom. The third kappa shape index (κ3) is 49.4. The van der Waals surface area contributed by atoms with E-state index in [0.717, 1.165) is 109 Å². The number of nitrogens with zero attached hydrogens (tertiary/aromatic N) is 1. The molecule has 0 heterocycles. The number of carbonyl (C=O) groups is 2. The van der Waals surface area contributed by atoms with E-state index in [4.69, 9.17) is 13.8 Å². The number of phosphoric acid groups is 1. The van der Waals surface area contributed by atoms with E-state index in [0.29, 0.717) is 23.9 Å². The highest BCUT2D eigenvalue weighted by molar-refractivity contribution is 7.45. The van der Waals surface area contributed by atoms with Gasteiger partial charge in [0.15, 0.2) is 0 Å². The van der Waals surface area contributed by atoms with E-state index in [-0.39, 0.29) is 31.3 Å². The van der Waals surface area contributed by atoms with Crippen molar-refractivity contribution in [3.05, 3.63) is 109 Å². The second-order valence-corrected chi connectivity index (χ2v) is 20.4. The van der Waals surface area contributed by atoms with Crippen LogP contribution in [-0.4, -0.2) is 69.4 Å². The molecule has 0 rings (SSSR count). The summed E-state index contributed by atoms with van der Waals surface area (Å²) in [6.45, 7) is 6.51. The van der Waals surface area contributed by atoms with E-state index < -0.39 is 26.6 Å². The lowest BCUT2D eigenvalue weighted by Crippen LogP contribution is -2.47. The number of amides is 1. The van der Waals surface area contributed by atoms with Crippen LogP contribution >= 0.6 is 7.82 Å². The maximum atomic E-state index is 13.4. The Bertz CT molecular complexity index is 1550. The number of hydrogen-bond donors (Lipinski definition) is 1. The van der Waals surface area contributed by atoms with Crippen molar-refractivity contribution >= 4 is 19.7 Å². The van der Waals surface area contributed by atoms with Crippen LogP contribution in [-0.2, 0) is 27.9 Å². The first-order valence-electron chi connectivity index (χ1n) is 27.2. The number of esters is 1. The number of nitrogens with one attached hydrogen (secondary N) is 1. The summed E-state index contributed by atoms with van der Waals surface area (Å²) in [5, 5.41) is 2.99. The zero-order valence-electron chi connectivity index (χ0n) is 44.7. The summed E-state index contributed by atoms with van der Waals surface area (Å²) in [4.78, 5) is 39.7. The molecule has 0 spiro atoms. The summed E-state index contributed by atoms with van der Waals surface area (Å²) in [7, 11) is 1.13. The largest absolute Gasteiger partial charge is 0.756 e. The van der Waals surface area contributed by atoms with Crippen LogP contribution in [0.1, 0.15) is 201 Å². The molecule has 0 aromatic carbocycles. The Balaban J connectivity index is 5.44. The van der Waals surface area contributed by atoms with Gasteiger partial charge in [-0.3, -0.25) is 14.2 Å². The number of rotatable bonds is 47. The fraction of sp³-hybridized carbons (Fsp3) is 0.661. The van der Waals surface area contributed by atoms with E-state index in [1.807, 2.05) is 33.3 Å². The Labute approximate surface area is 423 Å². The van der Waals surface area contributed by atoms with Gasteiger partial charge in [-0.05, 0) is 96.0 Å². The predicted octanol–water partition coefficient (Wildman–Crippen LogP) is 15.6. The van der Waals surface area contributed by atoms with Crippen molar-refractivity contribution in [2.45, 2.75) is 213 Å². The minimum Gasteiger partial charge on any atom is -0.756 e. The summed E-state index contributed by atoms with van der Waals surface area (Å²) in [6.07, 6.45) is 64.9. The van der Waals surface area contributed by atoms with Gasteiger partial charge in [-0.15, -0.1) is 0 Å². The maximum absolute atomic E-state index is 13.4. The van der Waals surface area contributed by atoms with Gasteiger partial charge < -0.3 is 28.5 Å². The van der Waals surface area contributed by atoms with Crippen LogP contribution in [0.3, 0.4) is 0 Å². The van der Waals surface area contributed by atoms with Crippen molar-refractivity contribution < 1.29 is 37.3 Å². The molecule has 9 nitrogen and oxygen atoms in total. The van der Waals surface area contributed by atoms with E-state index in [2.05, 4.69) is 117 Å². The zero-order chi connectivity index (χ0) is 50.8. The first kappa shape index (κ1) is 65.7. The van der Waals surface area contributed by atoms with Crippen molar-refractivity contribution in [3.63, 3.8) is 0 Å². The van der Waals surface area contributed by atoms with Gasteiger partial charge in [-0.1, -0.05) is 201 Å². The summed E-state index contributed by atoms with van der Waals surface area (Å²) in [5.41, 5.74) is 0. The molecule has 1 N–H and O–H groups in total. The Hall–Kier alpha value is -3.33. The van der Waals surface area contributed by atoms with Crippen molar-refractivity contribution in [2.75, 3.05) is 40.9 Å². The minimum atomic E-state index is -4.71. The topological polar surface area (TPSA) is 114 Å². The molecule has 0 saturated carbocycles. The molecular weight excluding hydrogens is 880 g/mol. The van der Waals surface area contributed by atoms with Gasteiger partial charge in [0.25, 0.3) is 7.82 Å². The molecule has 0 aromatic rings. The lowest BCUT2D eigenvalue weighted by molar-refractivity contribution is -0.870. The molecule has 0 bridgehead atoms. The van der Waals surface area contributed by atoms with E-state index in [1.165, 1.54) is 44.9 Å². The lowest BCUT2D eigenvalue weighted by atomic mass is 10.1. The number of hydrogen-bond acceptors (Lipinski definition) is 7. The molecule has 1 amide bonds. The van der Waals surface area contributed by atoms with Crippen molar-refractivity contribution in [1.29, 1.82) is 0 Å². The van der Waals surface area contributed by atoms with Crippen LogP contribution < -0.4 is 10.2 Å². The third-order valence-electron chi connectivity index (χ3n) is 11.3. The lowest BCUT2D eigenvalue weighted by Gasteiger charge is -2.30. The summed E-state index contributed by atoms with van der Waals surface area (Å²) < 4.78 is 30.1. The summed E-state index contributed by atoms with van der Waals surface area (Å²) in [6, 6.07) is -0.919. The molecule has 10 heteroatoms. The summed E-state index contributed by atoms with van der Waals surface area (Å²) in [5.74, 6) is -0.615. The van der Waals surface area contributed by atoms with Gasteiger partial charge in [0.2, 0.25) is 5.91 Å². The molecule has 69 heavy (non-hydrogen) atoms. The number of quaternary nitrogens is 1. The van der Waals surface area contributed by atoms with E-state index >= 15 is 0 Å². The van der Waals surface area contributed by atoms with Gasteiger partial charge in [0.1, 0.15) is 19.3 Å². The molecule has 0 aliphatic carbocycles. The third-order valence-corrected chi connectivity index (χ3v) is 12.2. The second kappa shape index (κ2) is 48.3. The molecular formula is C59H101N2O7P. The second-order valence-electron chi connectivity index (χ2n) is 19.0. The van der Waals surface area contributed by atoms with Gasteiger partial charge in [0.05, 0.1) is 33.8 Å². The van der Waals surface area contributed by atoms with Crippen LogP contribution in [0.15, 0.2) is 109 Å². The molecule has 394 valence electrons. The van der Waals surface area contributed by atoms with Crippen molar-refractivity contribution in [1.82, 2.24) is 5.32 Å². The highest BCUT2D eigenvalue weighted by Crippen LogP contribution is 2.38. The normalized spacial score (nSPS) is 14.7. The fourth-order valence-electron chi connectivity index (χ4n) is 7.08. The maximum Gasteiger partial charge on any atom is 0.306 e. The Kier molecular flexibility index (Phi) is 46.0.